The van der Waals surface area contributed by atoms with Crippen LogP contribution in [0, 0.1) is 17.3 Å². The quantitative estimate of drug-likeness (QED) is 0.554. The van der Waals surface area contributed by atoms with Crippen LogP contribution >= 0.6 is 0 Å². The van der Waals surface area contributed by atoms with Crippen LogP contribution < -0.4 is 0 Å². The first kappa shape index (κ1) is 11.8. The Hall–Kier alpha value is -1.32. The van der Waals surface area contributed by atoms with Gasteiger partial charge in [-0.2, -0.15) is 0 Å². The molecular formula is C14H18O4. The average Bonchev–Trinajstić information content (AvgIpc) is 2.72. The van der Waals surface area contributed by atoms with Gasteiger partial charge in [0.05, 0.1) is 13.0 Å². The molecule has 4 aliphatic rings. The minimum Gasteiger partial charge on any atom is -0.465 e. The van der Waals surface area contributed by atoms with Gasteiger partial charge in [-0.1, -0.05) is 6.58 Å². The summed E-state index contributed by atoms with van der Waals surface area (Å²) in [5.74, 6) is 0.437. The molecule has 1 spiro atoms. The normalized spacial score (nSPS) is 41.8. The lowest BCUT2D eigenvalue weighted by Gasteiger charge is -2.51. The van der Waals surface area contributed by atoms with Crippen LogP contribution in [0.25, 0.3) is 0 Å². The van der Waals surface area contributed by atoms with E-state index in [1.54, 1.807) is 0 Å². The lowest BCUT2D eigenvalue weighted by Crippen LogP contribution is -2.49. The van der Waals surface area contributed by atoms with Crippen molar-refractivity contribution in [2.75, 3.05) is 6.61 Å². The molecule has 1 heterocycles. The molecule has 3 saturated carbocycles. The van der Waals surface area contributed by atoms with Crippen LogP contribution in [-0.4, -0.2) is 24.6 Å². The molecule has 0 aromatic carbocycles. The number of fused-ring (bicyclic) bond motifs is 2. The number of carbonyl (C=O) groups excluding carboxylic acids is 2. The van der Waals surface area contributed by atoms with Crippen LogP contribution in [0.15, 0.2) is 12.7 Å². The zero-order chi connectivity index (χ0) is 12.8. The molecule has 2 bridgehead atoms. The molecular weight excluding hydrogens is 232 g/mol. The highest BCUT2D eigenvalue weighted by Crippen LogP contribution is 2.57. The fourth-order valence-electron chi connectivity index (χ4n) is 4.02. The predicted octanol–water partition coefficient (Wildman–Crippen LogP) is 1.84. The van der Waals surface area contributed by atoms with Crippen molar-refractivity contribution < 1.29 is 19.1 Å². The van der Waals surface area contributed by atoms with Crippen molar-refractivity contribution in [2.24, 2.45) is 17.3 Å². The first-order valence-corrected chi connectivity index (χ1v) is 6.62. The fourth-order valence-corrected chi connectivity index (χ4v) is 4.02. The Morgan fingerprint density at radius 1 is 1.50 bits per heavy atom. The van der Waals surface area contributed by atoms with Gasteiger partial charge in [-0.05, 0) is 37.5 Å². The van der Waals surface area contributed by atoms with Crippen molar-refractivity contribution in [1.29, 1.82) is 0 Å². The van der Waals surface area contributed by atoms with Gasteiger partial charge in [-0.15, -0.1) is 0 Å². The summed E-state index contributed by atoms with van der Waals surface area (Å²) in [6.45, 7) is 3.99. The molecule has 0 aromatic heterocycles. The predicted molar refractivity (Wildman–Crippen MR) is 63.5 cm³/mol. The van der Waals surface area contributed by atoms with Crippen molar-refractivity contribution in [1.82, 2.24) is 0 Å². The van der Waals surface area contributed by atoms with Crippen LogP contribution in [0.4, 0.5) is 0 Å². The highest BCUT2D eigenvalue weighted by molar-refractivity contribution is 5.81. The van der Waals surface area contributed by atoms with Gasteiger partial charge in [-0.3, -0.25) is 4.79 Å². The summed E-state index contributed by atoms with van der Waals surface area (Å²) < 4.78 is 10.6. The Morgan fingerprint density at radius 3 is 2.89 bits per heavy atom. The van der Waals surface area contributed by atoms with Gasteiger partial charge >= 0.3 is 11.9 Å². The number of rotatable bonds is 2. The van der Waals surface area contributed by atoms with Gasteiger partial charge in [-0.25, -0.2) is 4.79 Å². The average molecular weight is 250 g/mol. The lowest BCUT2D eigenvalue weighted by atomic mass is 9.54. The number of carbonyl (C=O) groups is 2. The van der Waals surface area contributed by atoms with Crippen molar-refractivity contribution in [2.45, 2.75) is 38.2 Å². The smallest absolute Gasteiger partial charge is 0.330 e. The minimum atomic E-state index is -0.333. The molecule has 3 aliphatic carbocycles. The molecule has 0 radical (unpaired) electrons. The maximum absolute atomic E-state index is 11.4. The second-order valence-electron chi connectivity index (χ2n) is 5.85. The van der Waals surface area contributed by atoms with E-state index in [-0.39, 0.29) is 23.5 Å². The van der Waals surface area contributed by atoms with Crippen molar-refractivity contribution in [3.05, 3.63) is 12.7 Å². The zero-order valence-corrected chi connectivity index (χ0v) is 10.4. The standard InChI is InChI=1S/C14H18O4/c1-2-12(15)18-11-5-10-4-3-9(11)6-14(10)7-13(16)17-8-14/h2,9-11H,1,3-8H2. The van der Waals surface area contributed by atoms with Crippen LogP contribution in [0.2, 0.25) is 0 Å². The molecule has 4 nitrogen and oxygen atoms in total. The third-order valence-electron chi connectivity index (χ3n) is 4.91. The van der Waals surface area contributed by atoms with Crippen LogP contribution in [0.3, 0.4) is 0 Å². The Bertz CT molecular complexity index is 403. The highest BCUT2D eigenvalue weighted by Gasteiger charge is 2.56. The lowest BCUT2D eigenvalue weighted by molar-refractivity contribution is -0.159. The molecule has 0 N–H and O–H groups in total. The first-order chi connectivity index (χ1) is 8.63. The Labute approximate surface area is 106 Å². The van der Waals surface area contributed by atoms with E-state index in [4.69, 9.17) is 9.47 Å². The molecule has 18 heavy (non-hydrogen) atoms. The van der Waals surface area contributed by atoms with Crippen molar-refractivity contribution >= 4 is 11.9 Å². The second kappa shape index (κ2) is 4.11. The van der Waals surface area contributed by atoms with E-state index >= 15 is 0 Å². The molecule has 0 aromatic rings. The number of cyclic esters (lactones) is 1. The number of hydrogen-bond acceptors (Lipinski definition) is 4. The first-order valence-electron chi connectivity index (χ1n) is 6.62. The summed E-state index contributed by atoms with van der Waals surface area (Å²) in [5, 5.41) is 0. The number of hydrogen-bond donors (Lipinski definition) is 0. The zero-order valence-electron chi connectivity index (χ0n) is 10.4. The fraction of sp³-hybridized carbons (Fsp3) is 0.714. The Balaban J connectivity index is 1.73. The summed E-state index contributed by atoms with van der Waals surface area (Å²) in [6, 6.07) is 0. The summed E-state index contributed by atoms with van der Waals surface area (Å²) >= 11 is 0. The highest BCUT2D eigenvalue weighted by atomic mass is 16.5. The molecule has 0 amide bonds. The summed E-state index contributed by atoms with van der Waals surface area (Å²) in [4.78, 5) is 22.7. The Kier molecular flexibility index (Phi) is 2.68. The van der Waals surface area contributed by atoms with E-state index in [1.165, 1.54) is 6.08 Å². The molecule has 98 valence electrons. The van der Waals surface area contributed by atoms with E-state index in [2.05, 4.69) is 6.58 Å². The Morgan fingerprint density at radius 2 is 2.33 bits per heavy atom. The summed E-state index contributed by atoms with van der Waals surface area (Å²) in [5.41, 5.74) is 0.0388. The van der Waals surface area contributed by atoms with E-state index in [0.29, 0.717) is 24.9 Å². The molecule has 4 rings (SSSR count). The molecule has 1 aliphatic heterocycles. The van der Waals surface area contributed by atoms with Gasteiger partial charge < -0.3 is 9.47 Å². The van der Waals surface area contributed by atoms with E-state index < -0.39 is 0 Å². The SMILES string of the molecule is C=CC(=O)OC1CC2CCC1CC21COC(=O)C1. The van der Waals surface area contributed by atoms with Gasteiger partial charge in [0.15, 0.2) is 0 Å². The van der Waals surface area contributed by atoms with Crippen LogP contribution in [0.1, 0.15) is 32.1 Å². The summed E-state index contributed by atoms with van der Waals surface area (Å²) in [6.07, 6.45) is 5.84. The monoisotopic (exact) mass is 250 g/mol. The maximum atomic E-state index is 11.4. The van der Waals surface area contributed by atoms with E-state index in [9.17, 15) is 9.59 Å². The van der Waals surface area contributed by atoms with E-state index in [1.807, 2.05) is 0 Å². The van der Waals surface area contributed by atoms with Gasteiger partial charge in [0.2, 0.25) is 0 Å². The number of esters is 2. The third-order valence-corrected chi connectivity index (χ3v) is 4.91. The topological polar surface area (TPSA) is 52.6 Å². The minimum absolute atomic E-state index is 0.00979. The second-order valence-corrected chi connectivity index (χ2v) is 5.85. The molecule has 4 heteroatoms. The van der Waals surface area contributed by atoms with E-state index in [0.717, 1.165) is 25.7 Å². The van der Waals surface area contributed by atoms with Gasteiger partial charge in [0, 0.05) is 11.5 Å². The van der Waals surface area contributed by atoms with Crippen LogP contribution in [0.5, 0.6) is 0 Å². The molecule has 4 atom stereocenters. The molecule has 1 saturated heterocycles. The molecule has 4 unspecified atom stereocenters. The van der Waals surface area contributed by atoms with Gasteiger partial charge in [0.1, 0.15) is 6.10 Å². The summed E-state index contributed by atoms with van der Waals surface area (Å²) in [7, 11) is 0. The largest absolute Gasteiger partial charge is 0.465 e. The van der Waals surface area contributed by atoms with Crippen molar-refractivity contribution in [3.63, 3.8) is 0 Å². The molecule has 4 fully saturated rings. The van der Waals surface area contributed by atoms with Crippen LogP contribution in [-0.2, 0) is 19.1 Å². The number of ether oxygens (including phenoxy) is 2. The third kappa shape index (κ3) is 1.74. The van der Waals surface area contributed by atoms with Crippen molar-refractivity contribution in [3.8, 4) is 0 Å². The van der Waals surface area contributed by atoms with Gasteiger partial charge in [0.25, 0.3) is 0 Å². The maximum Gasteiger partial charge on any atom is 0.330 e.